The first-order valence-electron chi connectivity index (χ1n) is 9.52. The molecular weight excluding hydrogens is 340 g/mol. The van der Waals surface area contributed by atoms with Gasteiger partial charge in [-0.05, 0) is 37.6 Å². The Balaban J connectivity index is 1.52. The summed E-state index contributed by atoms with van der Waals surface area (Å²) in [6.45, 7) is 4.04. The molecule has 0 spiro atoms. The summed E-state index contributed by atoms with van der Waals surface area (Å²) in [7, 11) is 4.98. The highest BCUT2D eigenvalue weighted by Crippen LogP contribution is 2.34. The fraction of sp³-hybridized carbons (Fsp3) is 0.455. The molecule has 1 N–H and O–H groups in total. The molecule has 5 heteroatoms. The van der Waals surface area contributed by atoms with Gasteiger partial charge < -0.3 is 19.5 Å². The van der Waals surface area contributed by atoms with Gasteiger partial charge in [-0.25, -0.2) is 0 Å². The Morgan fingerprint density at radius 1 is 0.889 bits per heavy atom. The molecule has 1 aliphatic heterocycles. The number of benzene rings is 2. The molecule has 2 aromatic rings. The molecule has 0 atom stereocenters. The first kappa shape index (κ1) is 19.5. The van der Waals surface area contributed by atoms with E-state index >= 15 is 0 Å². The second kappa shape index (κ2) is 9.62. The van der Waals surface area contributed by atoms with Crippen LogP contribution in [0.1, 0.15) is 24.0 Å². The maximum Gasteiger partial charge on any atom is 0.164 e. The van der Waals surface area contributed by atoms with E-state index in [-0.39, 0.29) is 0 Å². The Morgan fingerprint density at radius 2 is 1.52 bits per heavy atom. The Morgan fingerprint density at radius 3 is 2.15 bits per heavy atom. The molecule has 0 saturated carbocycles. The molecule has 2 aromatic carbocycles. The van der Waals surface area contributed by atoms with Gasteiger partial charge in [-0.3, -0.25) is 4.90 Å². The lowest BCUT2D eigenvalue weighted by Gasteiger charge is -2.32. The van der Waals surface area contributed by atoms with E-state index in [9.17, 15) is 0 Å². The summed E-state index contributed by atoms with van der Waals surface area (Å²) in [6, 6.07) is 15.1. The van der Waals surface area contributed by atoms with Gasteiger partial charge in [0.2, 0.25) is 0 Å². The number of nitrogens with one attached hydrogen (secondary N) is 1. The molecule has 0 aromatic heterocycles. The molecule has 1 fully saturated rings. The number of hydrogen-bond acceptors (Lipinski definition) is 5. The maximum absolute atomic E-state index is 5.53. The second-order valence-electron chi connectivity index (χ2n) is 6.94. The molecule has 3 rings (SSSR count). The van der Waals surface area contributed by atoms with E-state index in [1.807, 2.05) is 12.1 Å². The molecule has 1 aliphatic rings. The van der Waals surface area contributed by atoms with E-state index in [2.05, 4.69) is 40.5 Å². The number of ether oxygens (including phenoxy) is 3. The predicted molar refractivity (Wildman–Crippen MR) is 108 cm³/mol. The summed E-state index contributed by atoms with van der Waals surface area (Å²) >= 11 is 0. The van der Waals surface area contributed by atoms with Gasteiger partial charge in [-0.2, -0.15) is 0 Å². The third-order valence-electron chi connectivity index (χ3n) is 5.20. The van der Waals surface area contributed by atoms with Crippen molar-refractivity contribution >= 4 is 0 Å². The van der Waals surface area contributed by atoms with Crippen molar-refractivity contribution in [2.24, 2.45) is 0 Å². The largest absolute Gasteiger partial charge is 0.496 e. The lowest BCUT2D eigenvalue weighted by molar-refractivity contribution is 0.190. The Labute approximate surface area is 162 Å². The Bertz CT molecular complexity index is 713. The topological polar surface area (TPSA) is 43.0 Å². The van der Waals surface area contributed by atoms with Gasteiger partial charge in [0, 0.05) is 30.8 Å². The standard InChI is InChI=1S/C22H30N2O3/c1-25-20-14-22(27-3)21(26-2)13-18(20)15-23-19-9-11-24(12-10-19)16-17-7-5-4-6-8-17/h4-8,13-14,19,23H,9-12,15-16H2,1-3H3. The van der Waals surface area contributed by atoms with Crippen molar-refractivity contribution in [1.29, 1.82) is 0 Å². The van der Waals surface area contributed by atoms with Gasteiger partial charge in [-0.1, -0.05) is 30.3 Å². The molecule has 5 nitrogen and oxygen atoms in total. The Kier molecular flexibility index (Phi) is 6.96. The van der Waals surface area contributed by atoms with Crippen LogP contribution >= 0.6 is 0 Å². The molecule has 0 bridgehead atoms. The smallest absolute Gasteiger partial charge is 0.164 e. The van der Waals surface area contributed by atoms with Crippen molar-refractivity contribution in [3.63, 3.8) is 0 Å². The summed E-state index contributed by atoms with van der Waals surface area (Å²) in [6.07, 6.45) is 2.31. The third-order valence-corrected chi connectivity index (χ3v) is 5.20. The zero-order valence-corrected chi connectivity index (χ0v) is 16.5. The van der Waals surface area contributed by atoms with Gasteiger partial charge in [0.25, 0.3) is 0 Å². The van der Waals surface area contributed by atoms with Crippen molar-refractivity contribution in [1.82, 2.24) is 10.2 Å². The molecule has 0 amide bonds. The number of likely N-dealkylation sites (tertiary alicyclic amines) is 1. The minimum Gasteiger partial charge on any atom is -0.496 e. The SMILES string of the molecule is COc1cc(OC)c(OC)cc1CNC1CCN(Cc2ccccc2)CC1. The number of methoxy groups -OCH3 is 3. The zero-order chi connectivity index (χ0) is 19.1. The molecule has 1 saturated heterocycles. The average Bonchev–Trinajstić information content (AvgIpc) is 2.73. The van der Waals surface area contributed by atoms with Crippen molar-refractivity contribution < 1.29 is 14.2 Å². The molecule has 0 radical (unpaired) electrons. The van der Waals surface area contributed by atoms with E-state index < -0.39 is 0 Å². The molecule has 0 aliphatic carbocycles. The molecular formula is C22H30N2O3. The normalized spacial score (nSPS) is 15.5. The first-order valence-corrected chi connectivity index (χ1v) is 9.52. The van der Waals surface area contributed by atoms with Crippen LogP contribution in [0.2, 0.25) is 0 Å². The molecule has 27 heavy (non-hydrogen) atoms. The van der Waals surface area contributed by atoms with E-state index in [4.69, 9.17) is 14.2 Å². The number of hydrogen-bond donors (Lipinski definition) is 1. The maximum atomic E-state index is 5.53. The lowest BCUT2D eigenvalue weighted by Crippen LogP contribution is -2.41. The quantitative estimate of drug-likeness (QED) is 0.771. The third kappa shape index (κ3) is 5.15. The molecule has 146 valence electrons. The van der Waals surface area contributed by atoms with Crippen LogP contribution in [-0.4, -0.2) is 45.4 Å². The van der Waals surface area contributed by atoms with Crippen LogP contribution in [0.15, 0.2) is 42.5 Å². The van der Waals surface area contributed by atoms with E-state index in [0.29, 0.717) is 11.8 Å². The summed E-state index contributed by atoms with van der Waals surface area (Å²) < 4.78 is 16.3. The summed E-state index contributed by atoms with van der Waals surface area (Å²) in [5, 5.41) is 3.68. The number of piperidine rings is 1. The van der Waals surface area contributed by atoms with Gasteiger partial charge in [0.15, 0.2) is 11.5 Å². The van der Waals surface area contributed by atoms with E-state index in [1.54, 1.807) is 21.3 Å². The highest BCUT2D eigenvalue weighted by atomic mass is 16.5. The fourth-order valence-electron chi connectivity index (χ4n) is 3.62. The predicted octanol–water partition coefficient (Wildman–Crippen LogP) is 3.47. The van der Waals surface area contributed by atoms with Crippen molar-refractivity contribution in [2.75, 3.05) is 34.4 Å². The summed E-state index contributed by atoms with van der Waals surface area (Å²) in [4.78, 5) is 2.53. The van der Waals surface area contributed by atoms with Crippen molar-refractivity contribution in [3.05, 3.63) is 53.6 Å². The minimum atomic E-state index is 0.523. The monoisotopic (exact) mass is 370 g/mol. The lowest BCUT2D eigenvalue weighted by atomic mass is 10.0. The molecule has 0 unspecified atom stereocenters. The van der Waals surface area contributed by atoms with Crippen LogP contribution in [0.3, 0.4) is 0 Å². The van der Waals surface area contributed by atoms with E-state index in [1.165, 1.54) is 5.56 Å². The van der Waals surface area contributed by atoms with Gasteiger partial charge in [0.05, 0.1) is 21.3 Å². The van der Waals surface area contributed by atoms with Gasteiger partial charge in [-0.15, -0.1) is 0 Å². The van der Waals surface area contributed by atoms with Gasteiger partial charge >= 0.3 is 0 Å². The highest BCUT2D eigenvalue weighted by Gasteiger charge is 2.20. The first-order chi connectivity index (χ1) is 13.2. The van der Waals surface area contributed by atoms with Gasteiger partial charge in [0.1, 0.15) is 5.75 Å². The number of nitrogens with zero attached hydrogens (tertiary/aromatic N) is 1. The van der Waals surface area contributed by atoms with Crippen LogP contribution in [0.4, 0.5) is 0 Å². The van der Waals surface area contributed by atoms with Crippen LogP contribution in [0.5, 0.6) is 17.2 Å². The second-order valence-corrected chi connectivity index (χ2v) is 6.94. The minimum absolute atomic E-state index is 0.523. The average molecular weight is 370 g/mol. The summed E-state index contributed by atoms with van der Waals surface area (Å²) in [5.41, 5.74) is 2.47. The highest BCUT2D eigenvalue weighted by molar-refractivity contribution is 5.50. The zero-order valence-electron chi connectivity index (χ0n) is 16.5. The van der Waals surface area contributed by atoms with Crippen LogP contribution in [0.25, 0.3) is 0 Å². The molecule has 1 heterocycles. The van der Waals surface area contributed by atoms with Crippen molar-refractivity contribution in [2.45, 2.75) is 32.0 Å². The number of rotatable bonds is 8. The van der Waals surface area contributed by atoms with E-state index in [0.717, 1.165) is 56.1 Å². The van der Waals surface area contributed by atoms with Crippen LogP contribution in [0, 0.1) is 0 Å². The fourth-order valence-corrected chi connectivity index (χ4v) is 3.62. The summed E-state index contributed by atoms with van der Waals surface area (Å²) in [5.74, 6) is 2.24. The van der Waals surface area contributed by atoms with Crippen LogP contribution < -0.4 is 19.5 Å². The van der Waals surface area contributed by atoms with Crippen LogP contribution in [-0.2, 0) is 13.1 Å². The Hall–Kier alpha value is -2.24. The van der Waals surface area contributed by atoms with Crippen molar-refractivity contribution in [3.8, 4) is 17.2 Å².